The molecule has 0 spiro atoms. The Bertz CT molecular complexity index is 1740. The van der Waals surface area contributed by atoms with Crippen molar-refractivity contribution in [3.8, 4) is 22.9 Å². The zero-order chi connectivity index (χ0) is 27.0. The highest BCUT2D eigenvalue weighted by molar-refractivity contribution is 7.92. The van der Waals surface area contributed by atoms with E-state index >= 15 is 0 Å². The quantitative estimate of drug-likeness (QED) is 0.292. The molecule has 9 nitrogen and oxygen atoms in total. The Balaban J connectivity index is 1.45. The van der Waals surface area contributed by atoms with Gasteiger partial charge in [-0.3, -0.25) is 9.82 Å². The molecule has 5 aromatic rings. The third kappa shape index (κ3) is 4.98. The lowest BCUT2D eigenvalue weighted by Crippen LogP contribution is -2.14. The van der Waals surface area contributed by atoms with Crippen LogP contribution in [0.25, 0.3) is 22.2 Å². The predicted molar refractivity (Wildman–Crippen MR) is 140 cm³/mol. The SMILES string of the molecule is Cc1[nH]nc2cc(-c3ccc(NS(=O)(=O)c4cc(F)ccc4F)cc3)nc(Oc3ccc(N(C)C)nc3)c12. The Kier molecular flexibility index (Phi) is 6.41. The molecule has 0 radical (unpaired) electrons. The standard InChI is InChI=1S/C26H22F2N6O3S/c1-15-25-22(32-31-15)13-21(30-26(25)37-19-9-11-24(29-14-19)34(2)3)16-4-7-18(8-5-16)33-38(35,36)23-12-17(27)6-10-20(23)28/h4-14,33H,1-3H3,(H,31,32). The van der Waals surface area contributed by atoms with Gasteiger partial charge in [-0.2, -0.15) is 5.10 Å². The normalized spacial score (nSPS) is 11.5. The van der Waals surface area contributed by atoms with Gasteiger partial charge in [-0.1, -0.05) is 12.1 Å². The van der Waals surface area contributed by atoms with Gasteiger partial charge in [0.05, 0.1) is 22.8 Å². The van der Waals surface area contributed by atoms with Crippen LogP contribution < -0.4 is 14.4 Å². The smallest absolute Gasteiger partial charge is 0.264 e. The Labute approximate surface area is 217 Å². The molecule has 0 bridgehead atoms. The maximum Gasteiger partial charge on any atom is 0.264 e. The summed E-state index contributed by atoms with van der Waals surface area (Å²) in [6.45, 7) is 1.86. The molecule has 0 saturated carbocycles. The second kappa shape index (κ2) is 9.71. The molecule has 2 N–H and O–H groups in total. The molecule has 0 atom stereocenters. The number of aromatic amines is 1. The van der Waals surface area contributed by atoms with Crippen molar-refractivity contribution in [2.75, 3.05) is 23.7 Å². The number of aryl methyl sites for hydroxylation is 1. The number of halogens is 2. The van der Waals surface area contributed by atoms with Gasteiger partial charge in [-0.05, 0) is 55.5 Å². The number of hydrogen-bond donors (Lipinski definition) is 2. The number of aromatic nitrogens is 4. The third-order valence-corrected chi connectivity index (χ3v) is 7.09. The van der Waals surface area contributed by atoms with Crippen LogP contribution in [0.5, 0.6) is 11.6 Å². The van der Waals surface area contributed by atoms with Crippen molar-refractivity contribution in [2.45, 2.75) is 11.8 Å². The summed E-state index contributed by atoms with van der Waals surface area (Å²) in [4.78, 5) is 10.1. The van der Waals surface area contributed by atoms with E-state index in [1.807, 2.05) is 32.0 Å². The molecule has 5 rings (SSSR count). The Hall–Kier alpha value is -4.58. The summed E-state index contributed by atoms with van der Waals surface area (Å²) >= 11 is 0. The summed E-state index contributed by atoms with van der Waals surface area (Å²) in [5, 5.41) is 7.99. The highest BCUT2D eigenvalue weighted by Gasteiger charge is 2.20. The molecule has 3 aromatic heterocycles. The van der Waals surface area contributed by atoms with Crippen LogP contribution in [-0.4, -0.2) is 42.7 Å². The monoisotopic (exact) mass is 536 g/mol. The second-order valence-electron chi connectivity index (χ2n) is 8.66. The first-order chi connectivity index (χ1) is 18.1. The van der Waals surface area contributed by atoms with Crippen molar-refractivity contribution < 1.29 is 21.9 Å². The van der Waals surface area contributed by atoms with Crippen molar-refractivity contribution in [1.29, 1.82) is 0 Å². The van der Waals surface area contributed by atoms with Crippen molar-refractivity contribution in [2.24, 2.45) is 0 Å². The average molecular weight is 537 g/mol. The number of hydrogen-bond acceptors (Lipinski definition) is 7. The molecule has 3 heterocycles. The molecule has 0 fully saturated rings. The molecule has 194 valence electrons. The van der Waals surface area contributed by atoms with Gasteiger partial charge in [0, 0.05) is 31.0 Å². The topological polar surface area (TPSA) is 113 Å². The molecular weight excluding hydrogens is 514 g/mol. The van der Waals surface area contributed by atoms with Gasteiger partial charge in [0.2, 0.25) is 5.88 Å². The number of nitrogens with one attached hydrogen (secondary N) is 2. The van der Waals surface area contributed by atoms with Gasteiger partial charge in [0.15, 0.2) is 0 Å². The number of benzene rings is 2. The van der Waals surface area contributed by atoms with Gasteiger partial charge >= 0.3 is 0 Å². The van der Waals surface area contributed by atoms with E-state index in [4.69, 9.17) is 4.74 Å². The number of H-pyrrole nitrogens is 1. The number of pyridine rings is 2. The Morgan fingerprint density at radius 3 is 2.45 bits per heavy atom. The Morgan fingerprint density at radius 1 is 1.00 bits per heavy atom. The summed E-state index contributed by atoms with van der Waals surface area (Å²) in [7, 11) is -0.561. The summed E-state index contributed by atoms with van der Waals surface area (Å²) in [5.74, 6) is -0.313. The third-order valence-electron chi connectivity index (χ3n) is 5.69. The van der Waals surface area contributed by atoms with Gasteiger partial charge in [0.1, 0.15) is 28.1 Å². The maximum absolute atomic E-state index is 14.0. The van der Waals surface area contributed by atoms with Crippen LogP contribution in [0.3, 0.4) is 0 Å². The molecular formula is C26H22F2N6O3S. The van der Waals surface area contributed by atoms with Crippen molar-refractivity contribution in [1.82, 2.24) is 20.2 Å². The van der Waals surface area contributed by atoms with Crippen molar-refractivity contribution >= 4 is 32.4 Å². The lowest BCUT2D eigenvalue weighted by molar-refractivity contribution is 0.467. The minimum absolute atomic E-state index is 0.164. The van der Waals surface area contributed by atoms with Crippen LogP contribution in [0, 0.1) is 18.6 Å². The van der Waals surface area contributed by atoms with E-state index in [0.29, 0.717) is 39.9 Å². The minimum Gasteiger partial charge on any atom is -0.437 e. The molecule has 2 aromatic carbocycles. The van der Waals surface area contributed by atoms with E-state index in [9.17, 15) is 17.2 Å². The van der Waals surface area contributed by atoms with E-state index in [-0.39, 0.29) is 5.69 Å². The number of nitrogens with zero attached hydrogens (tertiary/aromatic N) is 4. The zero-order valence-electron chi connectivity index (χ0n) is 20.5. The summed E-state index contributed by atoms with van der Waals surface area (Å²) in [5.41, 5.74) is 2.76. The van der Waals surface area contributed by atoms with Gasteiger partial charge < -0.3 is 9.64 Å². The largest absolute Gasteiger partial charge is 0.437 e. The molecule has 38 heavy (non-hydrogen) atoms. The van der Waals surface area contributed by atoms with Gasteiger partial charge in [-0.15, -0.1) is 0 Å². The molecule has 0 aliphatic heterocycles. The lowest BCUT2D eigenvalue weighted by atomic mass is 10.1. The number of rotatable bonds is 7. The minimum atomic E-state index is -4.34. The summed E-state index contributed by atoms with van der Waals surface area (Å²) in [6.07, 6.45) is 1.60. The van der Waals surface area contributed by atoms with E-state index < -0.39 is 26.6 Å². The van der Waals surface area contributed by atoms with E-state index in [1.54, 1.807) is 30.5 Å². The van der Waals surface area contributed by atoms with Gasteiger partial charge in [-0.25, -0.2) is 27.2 Å². The first-order valence-corrected chi connectivity index (χ1v) is 12.8. The highest BCUT2D eigenvalue weighted by atomic mass is 32.2. The van der Waals surface area contributed by atoms with Crippen LogP contribution >= 0.6 is 0 Å². The van der Waals surface area contributed by atoms with E-state index in [1.165, 1.54) is 12.1 Å². The average Bonchev–Trinajstić information content (AvgIpc) is 3.26. The van der Waals surface area contributed by atoms with Crippen molar-refractivity contribution in [3.05, 3.63) is 84.2 Å². The molecule has 12 heteroatoms. The van der Waals surface area contributed by atoms with E-state index in [0.717, 1.165) is 23.6 Å². The summed E-state index contributed by atoms with van der Waals surface area (Å²) < 4.78 is 61.0. The number of ether oxygens (including phenoxy) is 1. The van der Waals surface area contributed by atoms with Crippen LogP contribution in [0.2, 0.25) is 0 Å². The van der Waals surface area contributed by atoms with Crippen LogP contribution in [0.15, 0.2) is 71.8 Å². The maximum atomic E-state index is 14.0. The number of anilines is 2. The molecule has 0 aliphatic rings. The number of fused-ring (bicyclic) bond motifs is 1. The molecule has 0 saturated heterocycles. The fourth-order valence-corrected chi connectivity index (χ4v) is 4.93. The predicted octanol–water partition coefficient (Wildman–Crippen LogP) is 5.27. The second-order valence-corrected chi connectivity index (χ2v) is 10.3. The van der Waals surface area contributed by atoms with Crippen LogP contribution in [-0.2, 0) is 10.0 Å². The lowest BCUT2D eigenvalue weighted by Gasteiger charge is -2.13. The highest BCUT2D eigenvalue weighted by Crippen LogP contribution is 2.33. The molecule has 0 aliphatic carbocycles. The van der Waals surface area contributed by atoms with Gasteiger partial charge in [0.25, 0.3) is 10.0 Å². The fourth-order valence-electron chi connectivity index (χ4n) is 3.78. The summed E-state index contributed by atoms with van der Waals surface area (Å²) in [6, 6.07) is 13.9. The molecule has 0 amide bonds. The van der Waals surface area contributed by atoms with Crippen LogP contribution in [0.1, 0.15) is 5.69 Å². The van der Waals surface area contributed by atoms with Crippen molar-refractivity contribution in [3.63, 3.8) is 0 Å². The van der Waals surface area contributed by atoms with E-state index in [2.05, 4.69) is 24.9 Å². The molecule has 0 unspecified atom stereocenters. The first-order valence-electron chi connectivity index (χ1n) is 11.4. The zero-order valence-corrected chi connectivity index (χ0v) is 21.3. The first kappa shape index (κ1) is 25.1. The Morgan fingerprint density at radius 2 is 1.76 bits per heavy atom. The van der Waals surface area contributed by atoms with Crippen LogP contribution in [0.4, 0.5) is 20.3 Å². The number of sulfonamides is 1. The fraction of sp³-hybridized carbons (Fsp3) is 0.115.